The second-order valence-electron chi connectivity index (χ2n) is 11.8. The molecule has 2 aromatic rings. The number of rotatable bonds is 7. The van der Waals surface area contributed by atoms with Crippen LogP contribution in [0.3, 0.4) is 0 Å². The minimum atomic E-state index is -0.438. The van der Waals surface area contributed by atoms with Gasteiger partial charge in [-0.15, -0.1) is 0 Å². The summed E-state index contributed by atoms with van der Waals surface area (Å²) in [7, 11) is 0. The van der Waals surface area contributed by atoms with Crippen LogP contribution >= 0.6 is 0 Å². The van der Waals surface area contributed by atoms with Gasteiger partial charge in [-0.2, -0.15) is 0 Å². The standard InChI is InChI=1S/C30H39N5O3/c1-6-30(7-2)16-23(36)35(28(31)34-30)26(19-11-10-14-32-17-19)24-18(3)25(24)27(37)33-21-15-29(4,5)38-22-13-9-8-12-20(21)22/h8-14,17-18,21,24-26H,6-7,15-16H2,1-5H3,(H2,31,34)(H,33,37)/t18?,21-,24+,25+,26-/m0/s1. The number of ether oxygens (including phenoxy) is 1. The van der Waals surface area contributed by atoms with Crippen LogP contribution in [-0.2, 0) is 9.59 Å². The molecular weight excluding hydrogens is 478 g/mol. The van der Waals surface area contributed by atoms with Crippen LogP contribution in [0.5, 0.6) is 5.75 Å². The number of para-hydroxylation sites is 1. The molecular formula is C30H39N5O3. The molecule has 5 rings (SSSR count). The average molecular weight is 518 g/mol. The number of guanidine groups is 1. The second-order valence-corrected chi connectivity index (χ2v) is 11.8. The molecule has 1 aromatic carbocycles. The van der Waals surface area contributed by atoms with E-state index in [0.717, 1.165) is 29.7 Å². The lowest BCUT2D eigenvalue weighted by molar-refractivity contribution is -0.134. The minimum absolute atomic E-state index is 0.0192. The summed E-state index contributed by atoms with van der Waals surface area (Å²) in [6.07, 6.45) is 5.97. The van der Waals surface area contributed by atoms with Gasteiger partial charge in [-0.25, -0.2) is 0 Å². The van der Waals surface area contributed by atoms with E-state index in [1.165, 1.54) is 0 Å². The highest BCUT2D eigenvalue weighted by atomic mass is 16.5. The molecule has 0 bridgehead atoms. The molecule has 0 spiro atoms. The van der Waals surface area contributed by atoms with E-state index in [4.69, 9.17) is 10.1 Å². The molecule has 1 aliphatic carbocycles. The average Bonchev–Trinajstić information content (AvgIpc) is 3.55. The zero-order valence-electron chi connectivity index (χ0n) is 23.0. The van der Waals surface area contributed by atoms with Crippen LogP contribution in [0.25, 0.3) is 0 Å². The van der Waals surface area contributed by atoms with Gasteiger partial charge in [0.2, 0.25) is 11.8 Å². The molecule has 8 nitrogen and oxygen atoms in total. The molecule has 2 fully saturated rings. The SMILES string of the molecule is CCC1(CC)CC(=O)N([C@@H](c2cccnc2)[C@@H]2C(C)[C@H]2C(=O)N[C@H]2CC(C)(C)Oc3ccccc32)C(=N)N1. The van der Waals surface area contributed by atoms with E-state index < -0.39 is 17.2 Å². The largest absolute Gasteiger partial charge is 0.487 e. The maximum absolute atomic E-state index is 13.8. The number of nitrogens with one attached hydrogen (secondary N) is 3. The number of amides is 2. The molecule has 8 heteroatoms. The number of hydrogen-bond donors (Lipinski definition) is 3. The van der Waals surface area contributed by atoms with Gasteiger partial charge in [0.15, 0.2) is 5.96 Å². The third-order valence-electron chi connectivity index (χ3n) is 8.85. The molecule has 0 radical (unpaired) electrons. The summed E-state index contributed by atoms with van der Waals surface area (Å²) in [5.41, 5.74) is 1.03. The fraction of sp³-hybridized carbons (Fsp3) is 0.533. The van der Waals surface area contributed by atoms with Crippen molar-refractivity contribution in [1.82, 2.24) is 20.5 Å². The van der Waals surface area contributed by atoms with Gasteiger partial charge in [-0.3, -0.25) is 24.9 Å². The third-order valence-corrected chi connectivity index (χ3v) is 8.85. The van der Waals surface area contributed by atoms with E-state index in [1.807, 2.05) is 64.1 Å². The minimum Gasteiger partial charge on any atom is -0.487 e. The van der Waals surface area contributed by atoms with E-state index in [1.54, 1.807) is 17.3 Å². The van der Waals surface area contributed by atoms with E-state index in [0.29, 0.717) is 12.8 Å². The maximum atomic E-state index is 13.8. The number of nitrogens with zero attached hydrogens (tertiary/aromatic N) is 2. The molecule has 3 N–H and O–H groups in total. The highest BCUT2D eigenvalue weighted by molar-refractivity contribution is 6.00. The van der Waals surface area contributed by atoms with Crippen LogP contribution < -0.4 is 15.4 Å². The van der Waals surface area contributed by atoms with Crippen molar-refractivity contribution in [3.63, 3.8) is 0 Å². The Bertz CT molecular complexity index is 1210. The molecule has 1 saturated carbocycles. The number of benzene rings is 1. The molecule has 202 valence electrons. The van der Waals surface area contributed by atoms with E-state index in [-0.39, 0.29) is 41.6 Å². The normalized spacial score (nSPS) is 28.0. The number of carbonyl (C=O) groups is 2. The van der Waals surface area contributed by atoms with E-state index in [2.05, 4.69) is 22.5 Å². The third kappa shape index (κ3) is 4.65. The molecule has 1 aromatic heterocycles. The van der Waals surface area contributed by atoms with Gasteiger partial charge >= 0.3 is 0 Å². The number of carbonyl (C=O) groups excluding carboxylic acids is 2. The predicted molar refractivity (Wildman–Crippen MR) is 145 cm³/mol. The topological polar surface area (TPSA) is 107 Å². The Hall–Kier alpha value is -3.42. The Kier molecular flexibility index (Phi) is 6.70. The highest BCUT2D eigenvalue weighted by Gasteiger charge is 2.59. The zero-order chi connectivity index (χ0) is 27.2. The molecule has 3 aliphatic rings. The number of hydrogen-bond acceptors (Lipinski definition) is 5. The van der Waals surface area contributed by atoms with Gasteiger partial charge in [0.25, 0.3) is 0 Å². The van der Waals surface area contributed by atoms with Gasteiger partial charge in [0.05, 0.1) is 18.5 Å². The van der Waals surface area contributed by atoms with Gasteiger partial charge in [0, 0.05) is 35.8 Å². The molecule has 2 aliphatic heterocycles. The summed E-state index contributed by atoms with van der Waals surface area (Å²) < 4.78 is 6.15. The second kappa shape index (κ2) is 9.71. The summed E-state index contributed by atoms with van der Waals surface area (Å²) in [4.78, 5) is 33.2. The van der Waals surface area contributed by atoms with Crippen LogP contribution in [0, 0.1) is 23.2 Å². The summed E-state index contributed by atoms with van der Waals surface area (Å²) in [6, 6.07) is 11.1. The van der Waals surface area contributed by atoms with Crippen LogP contribution in [0.4, 0.5) is 0 Å². The monoisotopic (exact) mass is 517 g/mol. The van der Waals surface area contributed by atoms with E-state index in [9.17, 15) is 9.59 Å². The predicted octanol–water partition coefficient (Wildman–Crippen LogP) is 4.74. The Morgan fingerprint density at radius 2 is 1.97 bits per heavy atom. The summed E-state index contributed by atoms with van der Waals surface area (Å²) in [5.74, 6) is 0.465. The lowest BCUT2D eigenvalue weighted by Gasteiger charge is -2.45. The van der Waals surface area contributed by atoms with Crippen molar-refractivity contribution in [3.05, 3.63) is 59.9 Å². The van der Waals surface area contributed by atoms with Gasteiger partial charge in [0.1, 0.15) is 11.4 Å². The highest BCUT2D eigenvalue weighted by Crippen LogP contribution is 2.56. The maximum Gasteiger partial charge on any atom is 0.232 e. The number of fused-ring (bicyclic) bond motifs is 1. The van der Waals surface area contributed by atoms with Crippen molar-refractivity contribution >= 4 is 17.8 Å². The van der Waals surface area contributed by atoms with Crippen LogP contribution in [0.15, 0.2) is 48.8 Å². The zero-order valence-corrected chi connectivity index (χ0v) is 23.0. The Labute approximate surface area is 225 Å². The lowest BCUT2D eigenvalue weighted by atomic mass is 9.85. The fourth-order valence-electron chi connectivity index (χ4n) is 6.51. The van der Waals surface area contributed by atoms with Crippen molar-refractivity contribution in [2.75, 3.05) is 0 Å². The fourth-order valence-corrected chi connectivity index (χ4v) is 6.51. The summed E-state index contributed by atoms with van der Waals surface area (Å²) >= 11 is 0. The number of pyridine rings is 1. The smallest absolute Gasteiger partial charge is 0.232 e. The molecule has 3 heterocycles. The van der Waals surface area contributed by atoms with Gasteiger partial charge in [-0.05, 0) is 56.2 Å². The lowest BCUT2D eigenvalue weighted by Crippen LogP contribution is -2.62. The van der Waals surface area contributed by atoms with Crippen molar-refractivity contribution in [3.8, 4) is 5.75 Å². The Balaban J connectivity index is 1.41. The van der Waals surface area contributed by atoms with Gasteiger partial charge < -0.3 is 15.4 Å². The van der Waals surface area contributed by atoms with E-state index >= 15 is 0 Å². The van der Waals surface area contributed by atoms with Crippen LogP contribution in [-0.4, -0.2) is 38.8 Å². The van der Waals surface area contributed by atoms with Crippen LogP contribution in [0.2, 0.25) is 0 Å². The first-order valence-corrected chi connectivity index (χ1v) is 13.8. The molecule has 2 amide bonds. The van der Waals surface area contributed by atoms with Crippen molar-refractivity contribution < 1.29 is 14.3 Å². The first-order chi connectivity index (χ1) is 18.1. The summed E-state index contributed by atoms with van der Waals surface area (Å²) in [6.45, 7) is 10.2. The van der Waals surface area contributed by atoms with Crippen molar-refractivity contribution in [2.45, 2.75) is 83.5 Å². The molecule has 38 heavy (non-hydrogen) atoms. The quantitative estimate of drug-likeness (QED) is 0.492. The Morgan fingerprint density at radius 1 is 1.24 bits per heavy atom. The molecule has 1 unspecified atom stereocenters. The molecule has 5 atom stereocenters. The summed E-state index contributed by atoms with van der Waals surface area (Å²) in [5, 5.41) is 15.5. The Morgan fingerprint density at radius 3 is 2.63 bits per heavy atom. The number of aromatic nitrogens is 1. The van der Waals surface area contributed by atoms with Gasteiger partial charge in [-0.1, -0.05) is 45.0 Å². The van der Waals surface area contributed by atoms with Crippen molar-refractivity contribution in [2.24, 2.45) is 17.8 Å². The first kappa shape index (κ1) is 26.2. The first-order valence-electron chi connectivity index (χ1n) is 13.8. The van der Waals surface area contributed by atoms with Crippen molar-refractivity contribution in [1.29, 1.82) is 5.41 Å². The van der Waals surface area contributed by atoms with Crippen LogP contribution in [0.1, 0.15) is 83.5 Å². The molecule has 1 saturated heterocycles.